The molecule has 0 aliphatic carbocycles. The number of aryl methyl sites for hydroxylation is 1. The average molecular weight is 374 g/mol. The van der Waals surface area contributed by atoms with Gasteiger partial charge in [0.05, 0.1) is 6.54 Å². The molecule has 3 nitrogen and oxygen atoms in total. The van der Waals surface area contributed by atoms with Gasteiger partial charge in [0, 0.05) is 16.3 Å². The zero-order chi connectivity index (χ0) is 17.4. The minimum absolute atomic E-state index is 0.530. The zero-order valence-corrected chi connectivity index (χ0v) is 15.9. The highest BCUT2D eigenvalue weighted by atomic mass is 35.5. The van der Waals surface area contributed by atoms with Crippen LogP contribution in [0.5, 0.6) is 0 Å². The van der Waals surface area contributed by atoms with Gasteiger partial charge in [-0.3, -0.25) is 0 Å². The molecule has 2 heterocycles. The molecule has 0 saturated heterocycles. The van der Waals surface area contributed by atoms with Crippen LogP contribution in [0, 0.1) is 0 Å². The molecule has 0 fully saturated rings. The van der Waals surface area contributed by atoms with Crippen LogP contribution in [0.15, 0.2) is 48.5 Å². The van der Waals surface area contributed by atoms with Gasteiger partial charge in [-0.25, -0.2) is 9.48 Å². The number of halogens is 1. The van der Waals surface area contributed by atoms with Gasteiger partial charge in [0.2, 0.25) is 0 Å². The van der Waals surface area contributed by atoms with Crippen molar-refractivity contribution in [3.63, 3.8) is 0 Å². The first kappa shape index (κ1) is 17.0. The first-order valence-electron chi connectivity index (χ1n) is 8.74. The van der Waals surface area contributed by atoms with Crippen LogP contribution in [-0.4, -0.2) is 33.7 Å². The van der Waals surface area contributed by atoms with E-state index in [4.69, 9.17) is 11.6 Å². The Morgan fingerprint density at radius 3 is 2.56 bits per heavy atom. The summed E-state index contributed by atoms with van der Waals surface area (Å²) in [5, 5.41) is 13.4. The molecule has 0 radical (unpaired) electrons. The zero-order valence-electron chi connectivity index (χ0n) is 14.3. The molecule has 1 unspecified atom stereocenters. The second-order valence-electron chi connectivity index (χ2n) is 6.57. The molecule has 25 heavy (non-hydrogen) atoms. The lowest BCUT2D eigenvalue weighted by atomic mass is 10.0. The molecule has 1 atom stereocenters. The maximum absolute atomic E-state index is 11.6. The van der Waals surface area contributed by atoms with Gasteiger partial charge in [-0.2, -0.15) is 0 Å². The van der Waals surface area contributed by atoms with E-state index in [2.05, 4.69) is 40.7 Å². The summed E-state index contributed by atoms with van der Waals surface area (Å²) in [4.78, 5) is 2.25. The van der Waals surface area contributed by atoms with Gasteiger partial charge >= 0.3 is 5.17 Å². The van der Waals surface area contributed by atoms with E-state index in [0.717, 1.165) is 41.6 Å². The summed E-state index contributed by atoms with van der Waals surface area (Å²) < 4.78 is 2.15. The van der Waals surface area contributed by atoms with Crippen molar-refractivity contribution in [1.82, 2.24) is 0 Å². The van der Waals surface area contributed by atoms with E-state index in [1.165, 1.54) is 5.56 Å². The Morgan fingerprint density at radius 1 is 1.16 bits per heavy atom. The maximum Gasteiger partial charge on any atom is 0.316 e. The Morgan fingerprint density at radius 2 is 1.88 bits per heavy atom. The Hall–Kier alpha value is -1.49. The Labute approximate surface area is 157 Å². The summed E-state index contributed by atoms with van der Waals surface area (Å²) in [5.41, 5.74) is 2.34. The van der Waals surface area contributed by atoms with Crippen LogP contribution >= 0.6 is 23.4 Å². The fourth-order valence-electron chi connectivity index (χ4n) is 3.58. The number of thioether (sulfide) groups is 1. The molecule has 2 aromatic carbocycles. The number of hydrogen-bond donors (Lipinski definition) is 1. The molecule has 4 rings (SSSR count). The summed E-state index contributed by atoms with van der Waals surface area (Å²) in [5.74, 6) is 1.09. The minimum Gasteiger partial charge on any atom is -0.346 e. The van der Waals surface area contributed by atoms with Crippen molar-refractivity contribution in [1.29, 1.82) is 0 Å². The molecule has 0 spiro atoms. The molecule has 0 saturated carbocycles. The highest BCUT2D eigenvalue weighted by Gasteiger charge is 2.53. The van der Waals surface area contributed by atoms with Crippen LogP contribution < -0.4 is 4.90 Å². The Bertz CT molecular complexity index is 803. The summed E-state index contributed by atoms with van der Waals surface area (Å²) in [6.07, 6.45) is 2.11. The van der Waals surface area contributed by atoms with E-state index in [-0.39, 0.29) is 0 Å². The molecule has 2 aliphatic heterocycles. The Balaban J connectivity index is 1.75. The quantitative estimate of drug-likeness (QED) is 0.821. The van der Waals surface area contributed by atoms with Crippen molar-refractivity contribution in [3.05, 3.63) is 64.7 Å². The number of rotatable bonds is 3. The summed E-state index contributed by atoms with van der Waals surface area (Å²) >= 11 is 7.87. The minimum atomic E-state index is -1.02. The van der Waals surface area contributed by atoms with Crippen LogP contribution in [0.1, 0.15) is 24.5 Å². The largest absolute Gasteiger partial charge is 0.346 e. The molecule has 2 aromatic rings. The van der Waals surface area contributed by atoms with E-state index < -0.39 is 5.72 Å². The summed E-state index contributed by atoms with van der Waals surface area (Å²) in [6.45, 7) is 3.56. The molecule has 2 aliphatic rings. The number of hydrogen-bond acceptors (Lipinski definition) is 3. The number of benzene rings is 2. The van der Waals surface area contributed by atoms with Crippen LogP contribution in [-0.2, 0) is 12.1 Å². The van der Waals surface area contributed by atoms with E-state index >= 15 is 0 Å². The third kappa shape index (κ3) is 2.97. The van der Waals surface area contributed by atoms with Gasteiger partial charge in [-0.15, -0.1) is 0 Å². The van der Waals surface area contributed by atoms with Gasteiger partial charge in [-0.1, -0.05) is 42.8 Å². The van der Waals surface area contributed by atoms with Gasteiger partial charge in [0.15, 0.2) is 6.54 Å². The number of β-amino-alcohol motifs (C(OH)–C–C–N with tert-alkyl or cyclic N) is 1. The van der Waals surface area contributed by atoms with Crippen molar-refractivity contribution < 1.29 is 9.68 Å². The summed E-state index contributed by atoms with van der Waals surface area (Å²) in [6, 6.07) is 16.2. The fraction of sp³-hybridized carbons (Fsp3) is 0.350. The van der Waals surface area contributed by atoms with Crippen molar-refractivity contribution in [2.45, 2.75) is 25.5 Å². The predicted octanol–water partition coefficient (Wildman–Crippen LogP) is 4.07. The number of nitrogens with zero attached hydrogens (tertiary/aromatic N) is 2. The van der Waals surface area contributed by atoms with Crippen LogP contribution in [0.3, 0.4) is 0 Å². The fourth-order valence-corrected chi connectivity index (χ4v) is 4.88. The number of amidine groups is 1. The van der Waals surface area contributed by atoms with E-state index in [9.17, 15) is 5.11 Å². The van der Waals surface area contributed by atoms with E-state index in [0.29, 0.717) is 11.6 Å². The molecule has 130 valence electrons. The van der Waals surface area contributed by atoms with Gasteiger partial charge < -0.3 is 5.11 Å². The van der Waals surface area contributed by atoms with E-state index in [1.807, 2.05) is 36.0 Å². The van der Waals surface area contributed by atoms with Gasteiger partial charge in [-0.05, 0) is 54.4 Å². The Kier molecular flexibility index (Phi) is 4.52. The SMILES string of the molecule is CCc1ccc(N2CC(O)(c3ccc(Cl)cc3)[N+]3=C2SCCC3)cc1. The first-order valence-corrected chi connectivity index (χ1v) is 10.1. The highest BCUT2D eigenvalue weighted by Crippen LogP contribution is 2.37. The van der Waals surface area contributed by atoms with Crippen molar-refractivity contribution in [2.24, 2.45) is 0 Å². The van der Waals surface area contributed by atoms with Crippen molar-refractivity contribution in [3.8, 4) is 0 Å². The molecule has 1 N–H and O–H groups in total. The molecule has 0 aromatic heterocycles. The van der Waals surface area contributed by atoms with Gasteiger partial charge in [0.25, 0.3) is 5.72 Å². The molecular formula is C20H22ClN2OS+. The third-order valence-corrected chi connectivity index (χ3v) is 6.45. The van der Waals surface area contributed by atoms with Crippen LogP contribution in [0.25, 0.3) is 0 Å². The second kappa shape index (κ2) is 6.67. The number of aliphatic hydroxyl groups is 1. The average Bonchev–Trinajstić information content (AvgIpc) is 2.97. The predicted molar refractivity (Wildman–Crippen MR) is 106 cm³/mol. The lowest BCUT2D eigenvalue weighted by Gasteiger charge is -2.24. The molecular weight excluding hydrogens is 352 g/mol. The monoisotopic (exact) mass is 373 g/mol. The molecule has 0 bridgehead atoms. The molecule has 5 heteroatoms. The van der Waals surface area contributed by atoms with Crippen LogP contribution in [0.4, 0.5) is 5.69 Å². The smallest absolute Gasteiger partial charge is 0.316 e. The standard InChI is InChI=1S/C20H22ClN2OS/c1-2-15-4-10-18(11-5-15)22-14-20(24,16-6-8-17(21)9-7-16)23-12-3-13-25-19(22)23/h4-11,24H,2-3,12-14H2,1H3/q+1. The van der Waals surface area contributed by atoms with Crippen molar-refractivity contribution in [2.75, 3.05) is 23.7 Å². The van der Waals surface area contributed by atoms with E-state index in [1.54, 1.807) is 0 Å². The maximum atomic E-state index is 11.6. The second-order valence-corrected chi connectivity index (χ2v) is 8.06. The van der Waals surface area contributed by atoms with Gasteiger partial charge in [0.1, 0.15) is 5.69 Å². The lowest BCUT2D eigenvalue weighted by molar-refractivity contribution is -0.656. The van der Waals surface area contributed by atoms with Crippen LogP contribution in [0.2, 0.25) is 5.02 Å². The third-order valence-electron chi connectivity index (χ3n) is 5.01. The lowest BCUT2D eigenvalue weighted by Crippen LogP contribution is -2.41. The first-order chi connectivity index (χ1) is 12.1. The molecule has 0 amide bonds. The highest BCUT2D eigenvalue weighted by molar-refractivity contribution is 8.13. The normalized spacial score (nSPS) is 23.1. The number of anilines is 1. The topological polar surface area (TPSA) is 26.5 Å². The summed E-state index contributed by atoms with van der Waals surface area (Å²) in [7, 11) is 0. The van der Waals surface area contributed by atoms with Crippen molar-refractivity contribution >= 4 is 34.2 Å².